The van der Waals surface area contributed by atoms with Gasteiger partial charge in [0.15, 0.2) is 0 Å². The molecule has 0 spiro atoms. The van der Waals surface area contributed by atoms with E-state index in [4.69, 9.17) is 11.6 Å². The number of carboxylic acids is 1. The highest BCUT2D eigenvalue weighted by molar-refractivity contribution is 7.99. The van der Waals surface area contributed by atoms with Crippen molar-refractivity contribution in [2.45, 2.75) is 24.8 Å². The van der Waals surface area contributed by atoms with Crippen molar-refractivity contribution < 1.29 is 14.7 Å². The van der Waals surface area contributed by atoms with Gasteiger partial charge in [0.1, 0.15) is 5.54 Å². The predicted molar refractivity (Wildman–Crippen MR) is 80.2 cm³/mol. The predicted octanol–water partition coefficient (Wildman–Crippen LogP) is 2.35. The number of benzene rings is 1. The van der Waals surface area contributed by atoms with Crippen LogP contribution in [0.4, 0.5) is 0 Å². The Kier molecular flexibility index (Phi) is 4.94. The lowest BCUT2D eigenvalue weighted by Crippen LogP contribution is -2.54. The molecule has 0 bridgehead atoms. The third-order valence-electron chi connectivity index (χ3n) is 3.39. The fourth-order valence-electron chi connectivity index (χ4n) is 2.16. The molecule has 4 nitrogen and oxygen atoms in total. The molecule has 2 N–H and O–H groups in total. The van der Waals surface area contributed by atoms with Gasteiger partial charge < -0.3 is 10.4 Å². The number of rotatable bonds is 5. The van der Waals surface area contributed by atoms with E-state index in [0.29, 0.717) is 23.6 Å². The first-order valence-corrected chi connectivity index (χ1v) is 7.92. The Morgan fingerprint density at radius 2 is 2.15 bits per heavy atom. The van der Waals surface area contributed by atoms with Gasteiger partial charge in [0, 0.05) is 17.2 Å². The van der Waals surface area contributed by atoms with Gasteiger partial charge in [0.05, 0.1) is 0 Å². The molecule has 0 saturated carbocycles. The third-order valence-corrected chi connectivity index (χ3v) is 4.95. The fraction of sp³-hybridized carbons (Fsp3) is 0.429. The van der Waals surface area contributed by atoms with Gasteiger partial charge >= 0.3 is 5.97 Å². The normalized spacial score (nSPS) is 21.6. The maximum absolute atomic E-state index is 12.0. The summed E-state index contributed by atoms with van der Waals surface area (Å²) in [5.74, 6) is 0.000442. The maximum atomic E-state index is 12.0. The van der Waals surface area contributed by atoms with Crippen molar-refractivity contribution in [3.63, 3.8) is 0 Å². The van der Waals surface area contributed by atoms with Crippen LogP contribution in [0, 0.1) is 0 Å². The van der Waals surface area contributed by atoms with Gasteiger partial charge in [-0.3, -0.25) is 4.79 Å². The number of aliphatic carboxylic acids is 1. The maximum Gasteiger partial charge on any atom is 0.330 e. The number of hydrogen-bond donors (Lipinski definition) is 2. The summed E-state index contributed by atoms with van der Waals surface area (Å²) >= 11 is 7.58. The van der Waals surface area contributed by atoms with E-state index >= 15 is 0 Å². The van der Waals surface area contributed by atoms with Gasteiger partial charge in [-0.1, -0.05) is 29.8 Å². The number of carboxylic acid groups (broad SMARTS) is 1. The molecule has 1 aromatic rings. The number of nitrogens with one attached hydrogen (secondary N) is 1. The van der Waals surface area contributed by atoms with Gasteiger partial charge in [-0.05, 0) is 30.2 Å². The monoisotopic (exact) mass is 313 g/mol. The van der Waals surface area contributed by atoms with E-state index in [1.807, 2.05) is 18.2 Å². The summed E-state index contributed by atoms with van der Waals surface area (Å²) in [5.41, 5.74) is -0.197. The fourth-order valence-corrected chi connectivity index (χ4v) is 3.72. The number of carbonyl (C=O) groups excluding carboxylic acids is 1. The number of thioether (sulfide) groups is 1. The lowest BCUT2D eigenvalue weighted by atomic mass is 9.98. The van der Waals surface area contributed by atoms with Crippen LogP contribution >= 0.6 is 23.4 Å². The van der Waals surface area contributed by atoms with E-state index in [-0.39, 0.29) is 12.3 Å². The van der Waals surface area contributed by atoms with Crippen LogP contribution in [0.5, 0.6) is 0 Å². The SMILES string of the molecule is O=C(CCc1ccccc1Cl)N[C@]1(C(=O)O)CCSC1. The van der Waals surface area contributed by atoms with Crippen LogP contribution in [-0.4, -0.2) is 34.0 Å². The molecule has 108 valence electrons. The van der Waals surface area contributed by atoms with Crippen molar-refractivity contribution in [3.8, 4) is 0 Å². The number of halogens is 1. The molecule has 1 aliphatic heterocycles. The molecule has 1 fully saturated rings. The quantitative estimate of drug-likeness (QED) is 0.875. The van der Waals surface area contributed by atoms with Crippen molar-refractivity contribution in [3.05, 3.63) is 34.9 Å². The molecule has 1 amide bonds. The number of hydrogen-bond acceptors (Lipinski definition) is 3. The molecule has 1 atom stereocenters. The van der Waals surface area contributed by atoms with Gasteiger partial charge in [0.2, 0.25) is 5.91 Å². The molecule has 0 aliphatic carbocycles. The lowest BCUT2D eigenvalue weighted by Gasteiger charge is -2.24. The van der Waals surface area contributed by atoms with Gasteiger partial charge in [-0.2, -0.15) is 11.8 Å². The van der Waals surface area contributed by atoms with Crippen LogP contribution in [0.2, 0.25) is 5.02 Å². The molecule has 0 unspecified atom stereocenters. The van der Waals surface area contributed by atoms with E-state index in [1.54, 1.807) is 17.8 Å². The highest BCUT2D eigenvalue weighted by Gasteiger charge is 2.43. The minimum absolute atomic E-state index is 0.240. The summed E-state index contributed by atoms with van der Waals surface area (Å²) < 4.78 is 0. The topological polar surface area (TPSA) is 66.4 Å². The third kappa shape index (κ3) is 3.46. The van der Waals surface area contributed by atoms with Gasteiger partial charge in [-0.25, -0.2) is 4.79 Å². The lowest BCUT2D eigenvalue weighted by molar-refractivity contribution is -0.146. The van der Waals surface area contributed by atoms with Crippen molar-refractivity contribution in [1.29, 1.82) is 0 Å². The summed E-state index contributed by atoms with van der Waals surface area (Å²) in [7, 11) is 0. The second-order valence-electron chi connectivity index (χ2n) is 4.83. The first-order chi connectivity index (χ1) is 9.53. The summed E-state index contributed by atoms with van der Waals surface area (Å²) in [6, 6.07) is 7.35. The van der Waals surface area contributed by atoms with E-state index < -0.39 is 11.5 Å². The average molecular weight is 314 g/mol. The molecule has 1 heterocycles. The molecule has 1 aliphatic rings. The molecular formula is C14H16ClNO3S. The van der Waals surface area contributed by atoms with Crippen LogP contribution in [0.1, 0.15) is 18.4 Å². The van der Waals surface area contributed by atoms with E-state index in [9.17, 15) is 14.7 Å². The zero-order chi connectivity index (χ0) is 14.6. The second-order valence-corrected chi connectivity index (χ2v) is 6.34. The average Bonchev–Trinajstić information content (AvgIpc) is 2.88. The molecule has 2 rings (SSSR count). The summed E-state index contributed by atoms with van der Waals surface area (Å²) in [5, 5.41) is 12.6. The second kappa shape index (κ2) is 6.50. The standard InChI is InChI=1S/C14H16ClNO3S/c15-11-4-2-1-3-10(11)5-6-12(17)16-14(13(18)19)7-8-20-9-14/h1-4H,5-9H2,(H,16,17)(H,18,19)/t14-/m1/s1. The highest BCUT2D eigenvalue weighted by Crippen LogP contribution is 2.28. The van der Waals surface area contributed by atoms with Crippen molar-refractivity contribution in [2.24, 2.45) is 0 Å². The van der Waals surface area contributed by atoms with Crippen LogP contribution in [-0.2, 0) is 16.0 Å². The molecule has 1 saturated heterocycles. The number of aryl methyl sites for hydroxylation is 1. The molecule has 0 aromatic heterocycles. The largest absolute Gasteiger partial charge is 0.479 e. The Labute approximate surface area is 126 Å². The molecule has 20 heavy (non-hydrogen) atoms. The van der Waals surface area contributed by atoms with Gasteiger partial charge in [0.25, 0.3) is 0 Å². The highest BCUT2D eigenvalue weighted by atomic mass is 35.5. The van der Waals surface area contributed by atoms with Crippen LogP contribution in [0.25, 0.3) is 0 Å². The van der Waals surface area contributed by atoms with E-state index in [0.717, 1.165) is 11.3 Å². The molecule has 0 radical (unpaired) electrons. The summed E-state index contributed by atoms with van der Waals surface area (Å²) in [4.78, 5) is 23.3. The number of amides is 1. The molecule has 6 heteroatoms. The Bertz CT molecular complexity index is 515. The Balaban J connectivity index is 1.92. The van der Waals surface area contributed by atoms with Crippen LogP contribution in [0.3, 0.4) is 0 Å². The van der Waals surface area contributed by atoms with Crippen molar-refractivity contribution >= 4 is 35.2 Å². The summed E-state index contributed by atoms with van der Waals surface area (Å²) in [6.07, 6.45) is 1.22. The Morgan fingerprint density at radius 1 is 1.40 bits per heavy atom. The van der Waals surface area contributed by atoms with Crippen molar-refractivity contribution in [1.82, 2.24) is 5.32 Å². The minimum atomic E-state index is -1.10. The van der Waals surface area contributed by atoms with Crippen LogP contribution in [0.15, 0.2) is 24.3 Å². The molecular weight excluding hydrogens is 298 g/mol. The zero-order valence-corrected chi connectivity index (χ0v) is 12.5. The first kappa shape index (κ1) is 15.2. The minimum Gasteiger partial charge on any atom is -0.479 e. The zero-order valence-electron chi connectivity index (χ0n) is 10.9. The molecule has 1 aromatic carbocycles. The Morgan fingerprint density at radius 3 is 2.75 bits per heavy atom. The Hall–Kier alpha value is -1.20. The van der Waals surface area contributed by atoms with Crippen LogP contribution < -0.4 is 5.32 Å². The van der Waals surface area contributed by atoms with Gasteiger partial charge in [-0.15, -0.1) is 0 Å². The van der Waals surface area contributed by atoms with Crippen molar-refractivity contribution in [2.75, 3.05) is 11.5 Å². The van der Waals surface area contributed by atoms with E-state index in [2.05, 4.69) is 5.32 Å². The smallest absolute Gasteiger partial charge is 0.330 e. The van der Waals surface area contributed by atoms with E-state index in [1.165, 1.54) is 0 Å². The first-order valence-electron chi connectivity index (χ1n) is 6.39. The number of carbonyl (C=O) groups is 2. The summed E-state index contributed by atoms with van der Waals surface area (Å²) in [6.45, 7) is 0.